The Morgan fingerprint density at radius 3 is 2.93 bits per heavy atom. The molecule has 1 atom stereocenters. The Kier molecular flexibility index (Phi) is 2.82. The lowest BCUT2D eigenvalue weighted by molar-refractivity contribution is 0.152. The maximum absolute atomic E-state index is 9.62. The summed E-state index contributed by atoms with van der Waals surface area (Å²) in [5, 5.41) is 13.4. The Morgan fingerprint density at radius 2 is 2.36 bits per heavy atom. The summed E-state index contributed by atoms with van der Waals surface area (Å²) < 4.78 is 5.11. The van der Waals surface area contributed by atoms with Gasteiger partial charge in [-0.25, -0.2) is 0 Å². The van der Waals surface area contributed by atoms with Gasteiger partial charge in [-0.1, -0.05) is 24.9 Å². The highest BCUT2D eigenvalue weighted by atomic mass is 16.5. The van der Waals surface area contributed by atoms with Crippen LogP contribution in [0.2, 0.25) is 0 Å². The third-order valence-corrected chi connectivity index (χ3v) is 2.77. The highest BCUT2D eigenvalue weighted by Crippen LogP contribution is 2.35. The fourth-order valence-corrected chi connectivity index (χ4v) is 1.61. The molecule has 0 radical (unpaired) electrons. The molecule has 1 N–H and O–H groups in total. The van der Waals surface area contributed by atoms with E-state index in [1.54, 1.807) is 0 Å². The third kappa shape index (κ3) is 1.80. The maximum Gasteiger partial charge on any atom is 0.229 e. The monoisotopic (exact) mass is 196 g/mol. The summed E-state index contributed by atoms with van der Waals surface area (Å²) in [6, 6.07) is 0. The van der Waals surface area contributed by atoms with Crippen molar-refractivity contribution in [1.82, 2.24) is 10.1 Å². The van der Waals surface area contributed by atoms with Crippen molar-refractivity contribution in [2.45, 2.75) is 51.0 Å². The topological polar surface area (TPSA) is 59.2 Å². The molecular formula is C10H16N2O2. The van der Waals surface area contributed by atoms with E-state index in [9.17, 15) is 5.11 Å². The molecule has 1 aliphatic rings. The number of rotatable bonds is 4. The molecule has 14 heavy (non-hydrogen) atoms. The van der Waals surface area contributed by atoms with E-state index in [2.05, 4.69) is 10.1 Å². The lowest BCUT2D eigenvalue weighted by atomic mass is 9.85. The molecule has 1 heterocycles. The summed E-state index contributed by atoms with van der Waals surface area (Å²) >= 11 is 0. The van der Waals surface area contributed by atoms with Crippen molar-refractivity contribution in [2.24, 2.45) is 0 Å². The molecule has 1 saturated carbocycles. The molecule has 1 unspecified atom stereocenters. The first-order valence-corrected chi connectivity index (χ1v) is 5.32. The summed E-state index contributed by atoms with van der Waals surface area (Å²) in [6.45, 7) is 2.02. The summed E-state index contributed by atoms with van der Waals surface area (Å²) in [5.41, 5.74) is 0. The van der Waals surface area contributed by atoms with Gasteiger partial charge in [-0.2, -0.15) is 4.98 Å². The highest BCUT2D eigenvalue weighted by Gasteiger charge is 2.26. The normalized spacial score (nSPS) is 19.3. The van der Waals surface area contributed by atoms with Crippen LogP contribution in [0.25, 0.3) is 0 Å². The van der Waals surface area contributed by atoms with Gasteiger partial charge in [0.2, 0.25) is 5.89 Å². The van der Waals surface area contributed by atoms with Crippen molar-refractivity contribution >= 4 is 0 Å². The quantitative estimate of drug-likeness (QED) is 0.801. The van der Waals surface area contributed by atoms with Crippen molar-refractivity contribution < 1.29 is 9.63 Å². The number of aliphatic hydroxyl groups excluding tert-OH is 1. The first-order chi connectivity index (χ1) is 6.81. The predicted molar refractivity (Wildman–Crippen MR) is 50.8 cm³/mol. The molecule has 1 aromatic heterocycles. The van der Waals surface area contributed by atoms with Gasteiger partial charge >= 0.3 is 0 Å². The van der Waals surface area contributed by atoms with E-state index < -0.39 is 6.10 Å². The largest absolute Gasteiger partial charge is 0.385 e. The fraction of sp³-hybridized carbons (Fsp3) is 0.800. The second-order valence-corrected chi connectivity index (χ2v) is 3.92. The summed E-state index contributed by atoms with van der Waals surface area (Å²) in [7, 11) is 0. The zero-order valence-corrected chi connectivity index (χ0v) is 8.44. The molecule has 2 rings (SSSR count). The molecule has 4 nitrogen and oxygen atoms in total. The van der Waals surface area contributed by atoms with Crippen LogP contribution < -0.4 is 0 Å². The van der Waals surface area contributed by atoms with E-state index in [4.69, 9.17) is 4.52 Å². The van der Waals surface area contributed by atoms with Gasteiger partial charge in [-0.3, -0.25) is 0 Å². The first-order valence-electron chi connectivity index (χ1n) is 5.32. The maximum atomic E-state index is 9.62. The first kappa shape index (κ1) is 9.65. The van der Waals surface area contributed by atoms with Gasteiger partial charge in [0.15, 0.2) is 5.82 Å². The number of hydrogen-bond donors (Lipinski definition) is 1. The minimum Gasteiger partial charge on any atom is -0.385 e. The van der Waals surface area contributed by atoms with Crippen molar-refractivity contribution in [3.05, 3.63) is 11.7 Å². The van der Waals surface area contributed by atoms with Crippen LogP contribution in [0, 0.1) is 0 Å². The van der Waals surface area contributed by atoms with E-state index >= 15 is 0 Å². The molecule has 0 bridgehead atoms. The van der Waals surface area contributed by atoms with Crippen molar-refractivity contribution in [3.63, 3.8) is 0 Å². The Bertz CT molecular complexity index is 294. The van der Waals surface area contributed by atoms with Gasteiger partial charge in [0.1, 0.15) is 6.10 Å². The van der Waals surface area contributed by atoms with Crippen LogP contribution in [0.1, 0.15) is 62.8 Å². The molecule has 0 aromatic carbocycles. The smallest absolute Gasteiger partial charge is 0.229 e. The van der Waals surface area contributed by atoms with Gasteiger partial charge in [0, 0.05) is 5.92 Å². The molecule has 0 aliphatic heterocycles. The van der Waals surface area contributed by atoms with E-state index in [-0.39, 0.29) is 0 Å². The van der Waals surface area contributed by atoms with Gasteiger partial charge in [-0.15, -0.1) is 0 Å². The van der Waals surface area contributed by atoms with E-state index in [1.807, 2.05) is 6.92 Å². The van der Waals surface area contributed by atoms with Crippen molar-refractivity contribution in [1.29, 1.82) is 0 Å². The van der Waals surface area contributed by atoms with Gasteiger partial charge < -0.3 is 9.63 Å². The second kappa shape index (κ2) is 4.09. The van der Waals surface area contributed by atoms with Crippen LogP contribution in [0.5, 0.6) is 0 Å². The van der Waals surface area contributed by atoms with Crippen LogP contribution in [0.4, 0.5) is 0 Å². The lowest BCUT2D eigenvalue weighted by Gasteiger charge is -2.20. The zero-order valence-electron chi connectivity index (χ0n) is 8.44. The standard InChI is InChI=1S/C10H16N2O2/c1-2-4-8(13)9-11-10(14-12-9)7-5-3-6-7/h7-8,13H,2-6H2,1H3. The average Bonchev–Trinajstić information content (AvgIpc) is 2.50. The fourth-order valence-electron chi connectivity index (χ4n) is 1.61. The zero-order chi connectivity index (χ0) is 9.97. The van der Waals surface area contributed by atoms with Gasteiger partial charge in [0.25, 0.3) is 0 Å². The second-order valence-electron chi connectivity index (χ2n) is 3.92. The molecule has 78 valence electrons. The van der Waals surface area contributed by atoms with E-state index in [0.29, 0.717) is 24.1 Å². The Balaban J connectivity index is 2.01. The summed E-state index contributed by atoms with van der Waals surface area (Å²) in [5.74, 6) is 1.61. The third-order valence-electron chi connectivity index (χ3n) is 2.77. The Morgan fingerprint density at radius 1 is 1.57 bits per heavy atom. The van der Waals surface area contributed by atoms with Gasteiger partial charge in [-0.05, 0) is 19.3 Å². The Labute approximate surface area is 83.3 Å². The molecule has 4 heteroatoms. The van der Waals surface area contributed by atoms with Gasteiger partial charge in [0.05, 0.1) is 0 Å². The molecule has 1 aromatic rings. The van der Waals surface area contributed by atoms with Crippen LogP contribution in [0.15, 0.2) is 4.52 Å². The minimum atomic E-state index is -0.558. The molecule has 0 saturated heterocycles. The van der Waals surface area contributed by atoms with Crippen LogP contribution in [-0.2, 0) is 0 Å². The average molecular weight is 196 g/mol. The highest BCUT2D eigenvalue weighted by molar-refractivity contribution is 4.99. The van der Waals surface area contributed by atoms with Crippen LogP contribution in [-0.4, -0.2) is 15.2 Å². The Hall–Kier alpha value is -0.900. The van der Waals surface area contributed by atoms with Crippen molar-refractivity contribution in [3.8, 4) is 0 Å². The number of aliphatic hydroxyl groups is 1. The summed E-state index contributed by atoms with van der Waals surface area (Å²) in [4.78, 5) is 4.22. The molecule has 1 fully saturated rings. The minimum absolute atomic E-state index is 0.449. The summed E-state index contributed by atoms with van der Waals surface area (Å²) in [6.07, 6.45) is 4.60. The van der Waals surface area contributed by atoms with E-state index in [1.165, 1.54) is 6.42 Å². The number of aromatic nitrogens is 2. The molecule has 1 aliphatic carbocycles. The predicted octanol–water partition coefficient (Wildman–Crippen LogP) is 2.17. The van der Waals surface area contributed by atoms with Crippen LogP contribution >= 0.6 is 0 Å². The number of hydrogen-bond acceptors (Lipinski definition) is 4. The van der Waals surface area contributed by atoms with E-state index in [0.717, 1.165) is 19.3 Å². The molecular weight excluding hydrogens is 180 g/mol. The lowest BCUT2D eigenvalue weighted by Crippen LogP contribution is -2.09. The molecule has 0 spiro atoms. The molecule has 0 amide bonds. The SMILES string of the molecule is CCCC(O)c1noc(C2CCC2)n1. The van der Waals surface area contributed by atoms with Crippen LogP contribution in [0.3, 0.4) is 0 Å². The van der Waals surface area contributed by atoms with Crippen molar-refractivity contribution in [2.75, 3.05) is 0 Å². The number of nitrogens with zero attached hydrogens (tertiary/aromatic N) is 2.